The maximum absolute atomic E-state index is 12.0. The van der Waals surface area contributed by atoms with E-state index in [0.717, 1.165) is 0 Å². The molecule has 20 heavy (non-hydrogen) atoms. The molecule has 0 spiro atoms. The third kappa shape index (κ3) is 3.65. The van der Waals surface area contributed by atoms with Gasteiger partial charge in [0.25, 0.3) is 5.91 Å². The number of ether oxygens (including phenoxy) is 1. The van der Waals surface area contributed by atoms with E-state index in [4.69, 9.17) is 22.1 Å². The number of carbonyl (C=O) groups is 1. The maximum atomic E-state index is 12.0. The van der Waals surface area contributed by atoms with Crippen molar-refractivity contribution >= 4 is 28.9 Å². The van der Waals surface area contributed by atoms with Crippen LogP contribution < -0.4 is 15.8 Å². The number of anilines is 2. The summed E-state index contributed by atoms with van der Waals surface area (Å²) in [5, 5.41) is 3.18. The standard InChI is InChI=1S/C15H15ClN2O2/c1-10(20-12-5-3-2-4-6-12)15(19)18-11-7-8-13(16)14(17)9-11/h2-10H,17H2,1H3,(H,18,19)/t10-/m0/s1. The number of nitrogens with two attached hydrogens (primary N) is 1. The number of amides is 1. The minimum absolute atomic E-state index is 0.254. The van der Waals surface area contributed by atoms with E-state index in [1.165, 1.54) is 0 Å². The molecule has 0 unspecified atom stereocenters. The first kappa shape index (κ1) is 14.2. The van der Waals surface area contributed by atoms with Gasteiger partial charge in [-0.25, -0.2) is 0 Å². The second-order valence-corrected chi connectivity index (χ2v) is 4.71. The SMILES string of the molecule is C[C@H](Oc1ccccc1)C(=O)Nc1ccc(Cl)c(N)c1. The van der Waals surface area contributed by atoms with Crippen molar-refractivity contribution in [3.63, 3.8) is 0 Å². The number of para-hydroxylation sites is 1. The Morgan fingerprint density at radius 3 is 2.60 bits per heavy atom. The Morgan fingerprint density at radius 1 is 1.25 bits per heavy atom. The Hall–Kier alpha value is -2.20. The van der Waals surface area contributed by atoms with E-state index < -0.39 is 6.10 Å². The number of carbonyl (C=O) groups excluding carboxylic acids is 1. The summed E-state index contributed by atoms with van der Waals surface area (Å²) < 4.78 is 5.53. The lowest BCUT2D eigenvalue weighted by atomic mass is 10.2. The first-order chi connectivity index (χ1) is 9.56. The fourth-order valence-corrected chi connectivity index (χ4v) is 1.74. The summed E-state index contributed by atoms with van der Waals surface area (Å²) in [6.45, 7) is 1.68. The molecule has 2 rings (SSSR count). The summed E-state index contributed by atoms with van der Waals surface area (Å²) in [7, 11) is 0. The molecule has 5 heteroatoms. The number of nitrogens with one attached hydrogen (secondary N) is 1. The molecule has 3 N–H and O–H groups in total. The zero-order valence-electron chi connectivity index (χ0n) is 11.0. The van der Waals surface area contributed by atoms with Crippen LogP contribution in [0.15, 0.2) is 48.5 Å². The Kier molecular flexibility index (Phi) is 4.48. The van der Waals surface area contributed by atoms with Crippen molar-refractivity contribution in [1.29, 1.82) is 0 Å². The molecule has 0 radical (unpaired) electrons. The van der Waals surface area contributed by atoms with Crippen LogP contribution in [0.5, 0.6) is 5.75 Å². The first-order valence-electron chi connectivity index (χ1n) is 6.14. The van der Waals surface area contributed by atoms with Crippen LogP contribution in [0.2, 0.25) is 5.02 Å². The lowest BCUT2D eigenvalue weighted by Gasteiger charge is -2.15. The summed E-state index contributed by atoms with van der Waals surface area (Å²) in [5.41, 5.74) is 6.68. The molecule has 2 aromatic carbocycles. The highest BCUT2D eigenvalue weighted by atomic mass is 35.5. The van der Waals surface area contributed by atoms with Crippen LogP contribution in [-0.2, 0) is 4.79 Å². The van der Waals surface area contributed by atoms with Gasteiger partial charge >= 0.3 is 0 Å². The predicted molar refractivity (Wildman–Crippen MR) is 81.0 cm³/mol. The van der Waals surface area contributed by atoms with Gasteiger partial charge < -0.3 is 15.8 Å². The number of hydrogen-bond acceptors (Lipinski definition) is 3. The molecular formula is C15H15ClN2O2. The Morgan fingerprint density at radius 2 is 1.95 bits per heavy atom. The lowest BCUT2D eigenvalue weighted by molar-refractivity contribution is -0.122. The van der Waals surface area contributed by atoms with Gasteiger partial charge in [-0.3, -0.25) is 4.79 Å². The van der Waals surface area contributed by atoms with Gasteiger partial charge in [0.2, 0.25) is 0 Å². The molecule has 4 nitrogen and oxygen atoms in total. The quantitative estimate of drug-likeness (QED) is 0.849. The molecule has 2 aromatic rings. The molecule has 104 valence electrons. The van der Waals surface area contributed by atoms with Gasteiger partial charge in [0.1, 0.15) is 5.75 Å². The van der Waals surface area contributed by atoms with Crippen LogP contribution >= 0.6 is 11.6 Å². The topological polar surface area (TPSA) is 64.3 Å². The summed E-state index contributed by atoms with van der Waals surface area (Å²) >= 11 is 5.82. The molecule has 0 bridgehead atoms. The van der Waals surface area contributed by atoms with E-state index in [9.17, 15) is 4.79 Å². The predicted octanol–water partition coefficient (Wildman–Crippen LogP) is 3.33. The smallest absolute Gasteiger partial charge is 0.265 e. The molecule has 0 saturated heterocycles. The highest BCUT2D eigenvalue weighted by Gasteiger charge is 2.15. The molecule has 1 atom stereocenters. The highest BCUT2D eigenvalue weighted by Crippen LogP contribution is 2.22. The van der Waals surface area contributed by atoms with Gasteiger partial charge in [-0.2, -0.15) is 0 Å². The van der Waals surface area contributed by atoms with Gasteiger partial charge in [-0.05, 0) is 37.3 Å². The second-order valence-electron chi connectivity index (χ2n) is 4.30. The van der Waals surface area contributed by atoms with Crippen molar-refractivity contribution in [3.8, 4) is 5.75 Å². The molecule has 0 saturated carbocycles. The van der Waals surface area contributed by atoms with Gasteiger partial charge in [-0.1, -0.05) is 29.8 Å². The Bertz CT molecular complexity index is 602. The third-order valence-corrected chi connectivity index (χ3v) is 3.03. The van der Waals surface area contributed by atoms with E-state index in [1.54, 1.807) is 37.3 Å². The average molecular weight is 291 g/mol. The number of hydrogen-bond donors (Lipinski definition) is 2. The summed E-state index contributed by atoms with van der Waals surface area (Å²) in [6.07, 6.45) is -0.616. The van der Waals surface area contributed by atoms with Crippen molar-refractivity contribution in [2.24, 2.45) is 0 Å². The molecule has 0 aliphatic heterocycles. The van der Waals surface area contributed by atoms with Crippen molar-refractivity contribution in [3.05, 3.63) is 53.6 Å². The Labute approximate surface area is 122 Å². The van der Waals surface area contributed by atoms with Crippen LogP contribution in [0.25, 0.3) is 0 Å². The van der Waals surface area contributed by atoms with Crippen molar-refractivity contribution < 1.29 is 9.53 Å². The summed E-state index contributed by atoms with van der Waals surface area (Å²) in [4.78, 5) is 12.0. The number of benzene rings is 2. The van der Waals surface area contributed by atoms with Gasteiger partial charge in [0.15, 0.2) is 6.10 Å². The number of halogens is 1. The molecule has 1 amide bonds. The normalized spacial score (nSPS) is 11.7. The summed E-state index contributed by atoms with van der Waals surface area (Å²) in [5.74, 6) is 0.390. The molecule has 0 aliphatic carbocycles. The Balaban J connectivity index is 1.99. The summed E-state index contributed by atoms with van der Waals surface area (Å²) in [6, 6.07) is 14.1. The number of nitrogen functional groups attached to an aromatic ring is 1. The van der Waals surface area contributed by atoms with Crippen LogP contribution in [0.3, 0.4) is 0 Å². The first-order valence-corrected chi connectivity index (χ1v) is 6.51. The zero-order chi connectivity index (χ0) is 14.5. The maximum Gasteiger partial charge on any atom is 0.265 e. The minimum atomic E-state index is -0.616. The zero-order valence-corrected chi connectivity index (χ0v) is 11.7. The van der Waals surface area contributed by atoms with E-state index in [-0.39, 0.29) is 5.91 Å². The monoisotopic (exact) mass is 290 g/mol. The fraction of sp³-hybridized carbons (Fsp3) is 0.133. The van der Waals surface area contributed by atoms with E-state index in [2.05, 4.69) is 5.32 Å². The van der Waals surface area contributed by atoms with Crippen molar-refractivity contribution in [2.75, 3.05) is 11.1 Å². The lowest BCUT2D eigenvalue weighted by Crippen LogP contribution is -2.30. The van der Waals surface area contributed by atoms with Crippen molar-refractivity contribution in [1.82, 2.24) is 0 Å². The molecule has 0 aliphatic rings. The highest BCUT2D eigenvalue weighted by molar-refractivity contribution is 6.33. The van der Waals surface area contributed by atoms with Crippen LogP contribution in [0.1, 0.15) is 6.92 Å². The molecule has 0 aromatic heterocycles. The van der Waals surface area contributed by atoms with E-state index in [1.807, 2.05) is 18.2 Å². The van der Waals surface area contributed by atoms with E-state index in [0.29, 0.717) is 22.1 Å². The van der Waals surface area contributed by atoms with Gasteiger partial charge in [-0.15, -0.1) is 0 Å². The van der Waals surface area contributed by atoms with E-state index >= 15 is 0 Å². The third-order valence-electron chi connectivity index (χ3n) is 2.69. The second kappa shape index (κ2) is 6.30. The average Bonchev–Trinajstić information content (AvgIpc) is 2.44. The minimum Gasteiger partial charge on any atom is -0.481 e. The van der Waals surface area contributed by atoms with Gasteiger partial charge in [0.05, 0.1) is 10.7 Å². The largest absolute Gasteiger partial charge is 0.481 e. The van der Waals surface area contributed by atoms with Gasteiger partial charge in [0, 0.05) is 5.69 Å². The van der Waals surface area contributed by atoms with Crippen LogP contribution in [0.4, 0.5) is 11.4 Å². The fourth-order valence-electron chi connectivity index (χ4n) is 1.62. The van der Waals surface area contributed by atoms with Crippen LogP contribution in [0, 0.1) is 0 Å². The molecule has 0 fully saturated rings. The van der Waals surface area contributed by atoms with Crippen LogP contribution in [-0.4, -0.2) is 12.0 Å². The number of rotatable bonds is 4. The molecule has 0 heterocycles. The van der Waals surface area contributed by atoms with Crippen molar-refractivity contribution in [2.45, 2.75) is 13.0 Å². The molecular weight excluding hydrogens is 276 g/mol.